The molecule has 0 bridgehead atoms. The monoisotopic (exact) mass is 253 g/mol. The van der Waals surface area contributed by atoms with Crippen molar-refractivity contribution in [3.63, 3.8) is 0 Å². The van der Waals surface area contributed by atoms with Crippen molar-refractivity contribution < 1.29 is 26.7 Å². The Morgan fingerprint density at radius 2 is 1.88 bits per heavy atom. The van der Waals surface area contributed by atoms with Gasteiger partial charge >= 0.3 is 6.18 Å². The summed E-state index contributed by atoms with van der Waals surface area (Å²) in [6, 6.07) is 0.555. The summed E-state index contributed by atoms with van der Waals surface area (Å²) >= 11 is 0. The molecule has 0 unspecified atom stereocenters. The molecule has 0 aliphatic carbocycles. The number of rotatable bonds is 2. The number of halogens is 5. The van der Waals surface area contributed by atoms with Crippen LogP contribution in [0.5, 0.6) is 0 Å². The molecule has 0 aromatic heterocycles. The maximum absolute atomic E-state index is 13.1. The molecule has 0 aliphatic rings. The van der Waals surface area contributed by atoms with Crippen molar-refractivity contribution >= 4 is 5.91 Å². The summed E-state index contributed by atoms with van der Waals surface area (Å²) in [5.41, 5.74) is -0.763. The van der Waals surface area contributed by atoms with E-state index in [2.05, 4.69) is 0 Å². The first-order chi connectivity index (χ1) is 7.73. The minimum Gasteiger partial charge on any atom is -0.340 e. The number of hydrogen-bond acceptors (Lipinski definition) is 1. The number of hydrogen-bond donors (Lipinski definition) is 1. The van der Waals surface area contributed by atoms with Crippen LogP contribution in [0.2, 0.25) is 0 Å². The van der Waals surface area contributed by atoms with Gasteiger partial charge in [-0.25, -0.2) is 8.78 Å². The summed E-state index contributed by atoms with van der Waals surface area (Å²) < 4.78 is 62.2. The molecule has 0 saturated heterocycles. The maximum atomic E-state index is 13.1. The van der Waals surface area contributed by atoms with Gasteiger partial charge in [0.1, 0.15) is 6.04 Å². The zero-order valence-electron chi connectivity index (χ0n) is 8.61. The van der Waals surface area contributed by atoms with Crippen LogP contribution in [-0.4, -0.2) is 18.1 Å². The minimum absolute atomic E-state index is 0.703. The van der Waals surface area contributed by atoms with Crippen molar-refractivity contribution in [2.24, 2.45) is 0 Å². The fraction of sp³-hybridized carbons (Fsp3) is 0.300. The fourth-order valence-corrected chi connectivity index (χ4v) is 1.04. The van der Waals surface area contributed by atoms with E-state index in [1.807, 2.05) is 0 Å². The Balaban J connectivity index is 2.88. The average molecular weight is 253 g/mol. The van der Waals surface area contributed by atoms with Crippen molar-refractivity contribution in [3.8, 4) is 0 Å². The highest BCUT2D eigenvalue weighted by atomic mass is 19.4. The van der Waals surface area contributed by atoms with E-state index in [4.69, 9.17) is 0 Å². The molecule has 0 radical (unpaired) electrons. The largest absolute Gasteiger partial charge is 0.408 e. The van der Waals surface area contributed by atoms with Gasteiger partial charge in [0, 0.05) is 0 Å². The van der Waals surface area contributed by atoms with Gasteiger partial charge in [-0.05, 0) is 19.1 Å². The molecule has 1 amide bonds. The van der Waals surface area contributed by atoms with Crippen LogP contribution in [0.4, 0.5) is 22.0 Å². The van der Waals surface area contributed by atoms with Crippen LogP contribution in [-0.2, 0) is 0 Å². The smallest absolute Gasteiger partial charge is 0.340 e. The van der Waals surface area contributed by atoms with Gasteiger partial charge in [-0.1, -0.05) is 6.07 Å². The maximum Gasteiger partial charge on any atom is 0.408 e. The van der Waals surface area contributed by atoms with E-state index in [0.29, 0.717) is 6.92 Å². The molecule has 0 heterocycles. The zero-order chi connectivity index (χ0) is 13.2. The molecule has 1 atom stereocenters. The Morgan fingerprint density at radius 1 is 1.29 bits per heavy atom. The molecule has 1 rings (SSSR count). The van der Waals surface area contributed by atoms with Crippen LogP contribution in [0.15, 0.2) is 18.2 Å². The van der Waals surface area contributed by atoms with E-state index in [1.165, 1.54) is 5.32 Å². The molecular formula is C10H8F5NO. The van der Waals surface area contributed by atoms with Gasteiger partial charge in [0.05, 0.1) is 5.56 Å². The SMILES string of the molecule is C[C@@H](NC(=O)c1cccc(F)c1F)C(F)(F)F. The predicted molar refractivity (Wildman–Crippen MR) is 49.3 cm³/mol. The Morgan fingerprint density at radius 3 is 2.41 bits per heavy atom. The van der Waals surface area contributed by atoms with Crippen LogP contribution < -0.4 is 5.32 Å². The van der Waals surface area contributed by atoms with E-state index >= 15 is 0 Å². The second-order valence-corrected chi connectivity index (χ2v) is 3.34. The summed E-state index contributed by atoms with van der Waals surface area (Å²) in [5.74, 6) is -4.08. The quantitative estimate of drug-likeness (QED) is 0.806. The van der Waals surface area contributed by atoms with Crippen LogP contribution in [0.3, 0.4) is 0 Å². The highest BCUT2D eigenvalue weighted by Crippen LogP contribution is 2.20. The van der Waals surface area contributed by atoms with Gasteiger partial charge in [-0.15, -0.1) is 0 Å². The number of carbonyl (C=O) groups excluding carboxylic acids is 1. The lowest BCUT2D eigenvalue weighted by Crippen LogP contribution is -2.43. The highest BCUT2D eigenvalue weighted by Gasteiger charge is 2.37. The first-order valence-electron chi connectivity index (χ1n) is 4.55. The van der Waals surface area contributed by atoms with Gasteiger partial charge in [0.15, 0.2) is 11.6 Å². The Labute approximate surface area is 93.4 Å². The van der Waals surface area contributed by atoms with Gasteiger partial charge in [0.2, 0.25) is 0 Å². The number of nitrogens with one attached hydrogen (secondary N) is 1. The molecule has 0 spiro atoms. The lowest BCUT2D eigenvalue weighted by molar-refractivity contribution is -0.149. The van der Waals surface area contributed by atoms with E-state index in [1.54, 1.807) is 0 Å². The lowest BCUT2D eigenvalue weighted by Gasteiger charge is -2.17. The Kier molecular flexibility index (Phi) is 3.69. The molecule has 1 N–H and O–H groups in total. The van der Waals surface area contributed by atoms with Gasteiger partial charge < -0.3 is 5.32 Å². The molecule has 0 fully saturated rings. The second kappa shape index (κ2) is 4.68. The third-order valence-corrected chi connectivity index (χ3v) is 2.03. The summed E-state index contributed by atoms with van der Waals surface area (Å²) in [6.45, 7) is 0.703. The first kappa shape index (κ1) is 13.4. The third-order valence-electron chi connectivity index (χ3n) is 2.03. The zero-order valence-corrected chi connectivity index (χ0v) is 8.61. The van der Waals surface area contributed by atoms with Crippen LogP contribution in [0, 0.1) is 11.6 Å². The number of alkyl halides is 3. The normalized spacial score (nSPS) is 13.3. The first-order valence-corrected chi connectivity index (χ1v) is 4.55. The summed E-state index contributed by atoms with van der Waals surface area (Å²) in [5, 5.41) is 1.53. The van der Waals surface area contributed by atoms with Crippen LogP contribution in [0.25, 0.3) is 0 Å². The topological polar surface area (TPSA) is 29.1 Å². The van der Waals surface area contributed by atoms with Crippen LogP contribution in [0.1, 0.15) is 17.3 Å². The minimum atomic E-state index is -4.64. The standard InChI is InChI=1S/C10H8F5NO/c1-5(10(13,14)15)16-9(17)6-3-2-4-7(11)8(6)12/h2-5H,1H3,(H,16,17)/t5-/m1/s1. The molecular weight excluding hydrogens is 245 g/mol. The van der Waals surface area contributed by atoms with Crippen molar-refractivity contribution in [2.45, 2.75) is 19.1 Å². The fourth-order valence-electron chi connectivity index (χ4n) is 1.04. The van der Waals surface area contributed by atoms with Crippen molar-refractivity contribution in [2.75, 3.05) is 0 Å². The van der Waals surface area contributed by atoms with Crippen molar-refractivity contribution in [1.82, 2.24) is 5.32 Å². The number of benzene rings is 1. The number of amides is 1. The highest BCUT2D eigenvalue weighted by molar-refractivity contribution is 5.94. The molecule has 1 aromatic rings. The average Bonchev–Trinajstić information content (AvgIpc) is 2.20. The molecule has 7 heteroatoms. The van der Waals surface area contributed by atoms with E-state index in [0.717, 1.165) is 18.2 Å². The van der Waals surface area contributed by atoms with E-state index < -0.39 is 35.3 Å². The molecule has 94 valence electrons. The molecule has 0 saturated carbocycles. The van der Waals surface area contributed by atoms with Gasteiger partial charge in [-0.3, -0.25) is 4.79 Å². The molecule has 17 heavy (non-hydrogen) atoms. The van der Waals surface area contributed by atoms with E-state index in [9.17, 15) is 26.7 Å². The van der Waals surface area contributed by atoms with E-state index in [-0.39, 0.29) is 0 Å². The van der Waals surface area contributed by atoms with Gasteiger partial charge in [0.25, 0.3) is 5.91 Å². The van der Waals surface area contributed by atoms with Crippen LogP contribution >= 0.6 is 0 Å². The predicted octanol–water partition coefficient (Wildman–Crippen LogP) is 2.65. The summed E-state index contributed by atoms with van der Waals surface area (Å²) in [6.07, 6.45) is -4.64. The lowest BCUT2D eigenvalue weighted by atomic mass is 10.2. The Bertz CT molecular complexity index is 429. The second-order valence-electron chi connectivity index (χ2n) is 3.34. The Hall–Kier alpha value is -1.66. The van der Waals surface area contributed by atoms with Crippen molar-refractivity contribution in [1.29, 1.82) is 0 Å². The molecule has 1 aromatic carbocycles. The summed E-state index contributed by atoms with van der Waals surface area (Å²) in [7, 11) is 0. The molecule has 0 aliphatic heterocycles. The van der Waals surface area contributed by atoms with Gasteiger partial charge in [-0.2, -0.15) is 13.2 Å². The van der Waals surface area contributed by atoms with Crippen molar-refractivity contribution in [3.05, 3.63) is 35.4 Å². The third kappa shape index (κ3) is 3.15. The summed E-state index contributed by atoms with van der Waals surface area (Å²) in [4.78, 5) is 11.3. The molecule has 2 nitrogen and oxygen atoms in total. The number of carbonyl (C=O) groups is 1.